The summed E-state index contributed by atoms with van der Waals surface area (Å²) in [5.41, 5.74) is 0.391. The first-order chi connectivity index (χ1) is 9.44. The van der Waals surface area contributed by atoms with Crippen molar-refractivity contribution in [2.45, 2.75) is 0 Å². The van der Waals surface area contributed by atoms with Gasteiger partial charge in [0.05, 0.1) is 11.4 Å². The zero-order chi connectivity index (χ0) is 14.6. The Morgan fingerprint density at radius 2 is 1.75 bits per heavy atom. The number of anilines is 1. The molecule has 2 rings (SSSR count). The SMILES string of the molecule is O=S(=O)(CCN1CCNCC1)Nc1cc(Cl)cc(Cl)c1. The van der Waals surface area contributed by atoms with Gasteiger partial charge in [0, 0.05) is 42.8 Å². The van der Waals surface area contributed by atoms with Crippen LogP contribution in [0, 0.1) is 0 Å². The Morgan fingerprint density at radius 3 is 2.35 bits per heavy atom. The van der Waals surface area contributed by atoms with E-state index in [2.05, 4.69) is 14.9 Å². The van der Waals surface area contributed by atoms with E-state index < -0.39 is 10.0 Å². The van der Waals surface area contributed by atoms with Gasteiger partial charge in [-0.15, -0.1) is 0 Å². The number of piperazine rings is 1. The molecular weight excluding hydrogens is 321 g/mol. The van der Waals surface area contributed by atoms with Crippen LogP contribution in [0.15, 0.2) is 18.2 Å². The summed E-state index contributed by atoms with van der Waals surface area (Å²) in [6.45, 7) is 4.07. The Balaban J connectivity index is 1.92. The van der Waals surface area contributed by atoms with Crippen molar-refractivity contribution in [2.24, 2.45) is 0 Å². The third-order valence-electron chi connectivity index (χ3n) is 3.02. The van der Waals surface area contributed by atoms with Gasteiger partial charge in [0.2, 0.25) is 10.0 Å². The highest BCUT2D eigenvalue weighted by molar-refractivity contribution is 7.92. The van der Waals surface area contributed by atoms with Crippen LogP contribution in [0.5, 0.6) is 0 Å². The highest BCUT2D eigenvalue weighted by atomic mass is 35.5. The maximum absolute atomic E-state index is 12.0. The number of benzene rings is 1. The molecule has 8 heteroatoms. The van der Waals surface area contributed by atoms with Gasteiger partial charge >= 0.3 is 0 Å². The fourth-order valence-electron chi connectivity index (χ4n) is 2.03. The smallest absolute Gasteiger partial charge is 0.233 e. The van der Waals surface area contributed by atoms with Crippen LogP contribution in [0.2, 0.25) is 10.0 Å². The van der Waals surface area contributed by atoms with E-state index in [0.29, 0.717) is 22.3 Å². The van der Waals surface area contributed by atoms with E-state index in [4.69, 9.17) is 23.2 Å². The standard InChI is InChI=1S/C12H17Cl2N3O2S/c13-10-7-11(14)9-12(8-10)16-20(18,19)6-5-17-3-1-15-2-4-17/h7-9,15-16H,1-6H2. The van der Waals surface area contributed by atoms with Crippen molar-refractivity contribution in [3.63, 3.8) is 0 Å². The summed E-state index contributed by atoms with van der Waals surface area (Å²) in [4.78, 5) is 2.13. The van der Waals surface area contributed by atoms with Crippen molar-refractivity contribution >= 4 is 38.9 Å². The van der Waals surface area contributed by atoms with E-state index in [1.807, 2.05) is 0 Å². The Morgan fingerprint density at radius 1 is 1.15 bits per heavy atom. The molecule has 1 aromatic rings. The second kappa shape index (κ2) is 6.95. The second-order valence-electron chi connectivity index (χ2n) is 4.67. The number of nitrogens with zero attached hydrogens (tertiary/aromatic N) is 1. The topological polar surface area (TPSA) is 61.4 Å². The largest absolute Gasteiger partial charge is 0.314 e. The van der Waals surface area contributed by atoms with Gasteiger partial charge in [-0.2, -0.15) is 0 Å². The lowest BCUT2D eigenvalue weighted by molar-refractivity contribution is 0.254. The first-order valence-electron chi connectivity index (χ1n) is 6.34. The zero-order valence-electron chi connectivity index (χ0n) is 10.9. The molecule has 112 valence electrons. The van der Waals surface area contributed by atoms with Crippen molar-refractivity contribution in [1.29, 1.82) is 0 Å². The molecule has 0 radical (unpaired) electrons. The molecule has 0 unspecified atom stereocenters. The molecule has 0 atom stereocenters. The minimum atomic E-state index is -3.40. The van der Waals surface area contributed by atoms with Gasteiger partial charge in [-0.05, 0) is 18.2 Å². The zero-order valence-corrected chi connectivity index (χ0v) is 13.2. The molecule has 1 aliphatic heterocycles. The van der Waals surface area contributed by atoms with Crippen LogP contribution in [0.1, 0.15) is 0 Å². The van der Waals surface area contributed by atoms with Crippen LogP contribution >= 0.6 is 23.2 Å². The predicted octanol–water partition coefficient (Wildman–Crippen LogP) is 1.64. The molecule has 0 aliphatic carbocycles. The average Bonchev–Trinajstić information content (AvgIpc) is 2.36. The van der Waals surface area contributed by atoms with Crippen LogP contribution in [0.3, 0.4) is 0 Å². The number of hydrogen-bond acceptors (Lipinski definition) is 4. The van der Waals surface area contributed by atoms with Crippen LogP contribution in [0.25, 0.3) is 0 Å². The van der Waals surface area contributed by atoms with Crippen molar-refractivity contribution < 1.29 is 8.42 Å². The van der Waals surface area contributed by atoms with E-state index in [0.717, 1.165) is 26.2 Å². The summed E-state index contributed by atoms with van der Waals surface area (Å²) in [6.07, 6.45) is 0. The molecule has 5 nitrogen and oxygen atoms in total. The van der Waals surface area contributed by atoms with Gasteiger partial charge < -0.3 is 5.32 Å². The number of sulfonamides is 1. The Hall–Kier alpha value is -0.530. The molecule has 0 aromatic heterocycles. The average molecular weight is 338 g/mol. The number of rotatable bonds is 5. The van der Waals surface area contributed by atoms with Crippen LogP contribution in [-0.2, 0) is 10.0 Å². The van der Waals surface area contributed by atoms with Crippen molar-refractivity contribution in [3.05, 3.63) is 28.2 Å². The molecule has 0 bridgehead atoms. The minimum absolute atomic E-state index is 0.0527. The number of nitrogens with one attached hydrogen (secondary N) is 2. The maximum Gasteiger partial charge on any atom is 0.233 e. The van der Waals surface area contributed by atoms with Crippen molar-refractivity contribution in [2.75, 3.05) is 43.2 Å². The lowest BCUT2D eigenvalue weighted by atomic mass is 10.3. The summed E-state index contributed by atoms with van der Waals surface area (Å²) in [5, 5.41) is 4.03. The van der Waals surface area contributed by atoms with Crippen LogP contribution in [-0.4, -0.2) is 51.8 Å². The van der Waals surface area contributed by atoms with Gasteiger partial charge in [0.15, 0.2) is 0 Å². The Labute approximate surface area is 129 Å². The third-order valence-corrected chi connectivity index (χ3v) is 4.72. The Kier molecular flexibility index (Phi) is 5.51. The quantitative estimate of drug-likeness (QED) is 0.857. The Bertz CT molecular complexity index is 540. The van der Waals surface area contributed by atoms with E-state index in [-0.39, 0.29) is 5.75 Å². The van der Waals surface area contributed by atoms with Gasteiger partial charge in [0.25, 0.3) is 0 Å². The van der Waals surface area contributed by atoms with E-state index >= 15 is 0 Å². The van der Waals surface area contributed by atoms with E-state index in [1.165, 1.54) is 12.1 Å². The molecule has 2 N–H and O–H groups in total. The van der Waals surface area contributed by atoms with E-state index in [9.17, 15) is 8.42 Å². The number of hydrogen-bond donors (Lipinski definition) is 2. The number of halogens is 2. The first-order valence-corrected chi connectivity index (χ1v) is 8.75. The van der Waals surface area contributed by atoms with Gasteiger partial charge in [0.1, 0.15) is 0 Å². The van der Waals surface area contributed by atoms with Crippen LogP contribution in [0.4, 0.5) is 5.69 Å². The lowest BCUT2D eigenvalue weighted by Gasteiger charge is -2.26. The normalized spacial score (nSPS) is 17.1. The highest BCUT2D eigenvalue weighted by Crippen LogP contribution is 2.23. The summed E-state index contributed by atoms with van der Waals surface area (Å²) < 4.78 is 26.6. The molecule has 0 saturated carbocycles. The third kappa shape index (κ3) is 5.10. The summed E-state index contributed by atoms with van der Waals surface area (Å²) in [5.74, 6) is 0.0527. The highest BCUT2D eigenvalue weighted by Gasteiger charge is 2.15. The fraction of sp³-hybridized carbons (Fsp3) is 0.500. The monoisotopic (exact) mass is 337 g/mol. The molecular formula is C12H17Cl2N3O2S. The van der Waals surface area contributed by atoms with Gasteiger partial charge in [-0.1, -0.05) is 23.2 Å². The summed E-state index contributed by atoms with van der Waals surface area (Å²) >= 11 is 11.7. The second-order valence-corrected chi connectivity index (χ2v) is 7.39. The molecule has 1 aromatic carbocycles. The summed E-state index contributed by atoms with van der Waals surface area (Å²) in [7, 11) is -3.40. The molecule has 1 fully saturated rings. The predicted molar refractivity (Wildman–Crippen MR) is 83.2 cm³/mol. The molecule has 0 spiro atoms. The molecule has 1 saturated heterocycles. The lowest BCUT2D eigenvalue weighted by Crippen LogP contribution is -2.45. The van der Waals surface area contributed by atoms with Crippen molar-refractivity contribution in [3.8, 4) is 0 Å². The van der Waals surface area contributed by atoms with E-state index in [1.54, 1.807) is 6.07 Å². The fourth-order valence-corrected chi connectivity index (χ4v) is 3.63. The molecule has 1 heterocycles. The maximum atomic E-state index is 12.0. The first kappa shape index (κ1) is 15.9. The van der Waals surface area contributed by atoms with Crippen LogP contribution < -0.4 is 10.0 Å². The van der Waals surface area contributed by atoms with Crippen molar-refractivity contribution in [1.82, 2.24) is 10.2 Å². The molecule has 0 amide bonds. The molecule has 20 heavy (non-hydrogen) atoms. The van der Waals surface area contributed by atoms with Gasteiger partial charge in [-0.3, -0.25) is 9.62 Å². The minimum Gasteiger partial charge on any atom is -0.314 e. The molecule has 1 aliphatic rings. The summed E-state index contributed by atoms with van der Waals surface area (Å²) in [6, 6.07) is 4.63. The van der Waals surface area contributed by atoms with Gasteiger partial charge in [-0.25, -0.2) is 8.42 Å².